The van der Waals surface area contributed by atoms with Gasteiger partial charge in [-0.15, -0.1) is 0 Å². The van der Waals surface area contributed by atoms with Gasteiger partial charge in [0.05, 0.1) is 62.9 Å². The highest BCUT2D eigenvalue weighted by Crippen LogP contribution is 2.23. The van der Waals surface area contributed by atoms with Gasteiger partial charge in [0.15, 0.2) is 6.04 Å². The molecule has 4 aromatic rings. The van der Waals surface area contributed by atoms with Crippen molar-refractivity contribution in [1.29, 1.82) is 0 Å². The molecule has 0 unspecified atom stereocenters. The zero-order chi connectivity index (χ0) is 108. The van der Waals surface area contributed by atoms with Gasteiger partial charge in [0, 0.05) is 42.3 Å². The number of likely N-dealkylation sites (N-methyl/N-ethyl adjacent to an activating group) is 6. The maximum absolute atomic E-state index is 14.0. The number of rotatable bonds is 57. The van der Waals surface area contributed by atoms with Crippen LogP contribution in [0.2, 0.25) is 0 Å². The van der Waals surface area contributed by atoms with E-state index in [2.05, 4.69) is 41.0 Å². The molecule has 0 aliphatic heterocycles. The second kappa shape index (κ2) is 67.6. The molecule has 0 radical (unpaired) electrons. The molecule has 36 heteroatoms. The molecule has 14 atom stereocenters. The van der Waals surface area contributed by atoms with Crippen LogP contribution in [0.5, 0.6) is 0 Å². The first-order chi connectivity index (χ1) is 66.5. The molecular weight excluding hydrogens is 1820 g/mol. The fourth-order valence-corrected chi connectivity index (χ4v) is 14.1. The minimum Gasteiger partial charge on any atom is -0.480 e. The molecule has 0 saturated heterocycles. The molecule has 0 aliphatic rings. The van der Waals surface area contributed by atoms with Gasteiger partial charge in [-0.3, -0.25) is 57.5 Å². The van der Waals surface area contributed by atoms with E-state index in [0.29, 0.717) is 38.7 Å². The number of nitrogens with one attached hydrogen (secondary N) is 4. The van der Waals surface area contributed by atoms with E-state index in [-0.39, 0.29) is 119 Å². The first kappa shape index (κ1) is 128. The zero-order valence-corrected chi connectivity index (χ0v) is 88.6. The Morgan fingerprint density at radius 2 is 0.599 bits per heavy atom. The number of hydrogen-bond acceptors (Lipinski definition) is 25. The third kappa shape index (κ3) is 51.2. The number of amides is 10. The zero-order valence-electron chi connectivity index (χ0n) is 88.6. The number of carboxylic acid groups (broad SMARTS) is 1. The molecule has 0 aliphatic carbocycles. The summed E-state index contributed by atoms with van der Waals surface area (Å²) in [5.41, 5.74) is 21.0. The Balaban J connectivity index is 0.000000973. The first-order valence-electron chi connectivity index (χ1n) is 48.4. The lowest BCUT2D eigenvalue weighted by Crippen LogP contribution is -2.60. The quantitative estimate of drug-likeness (QED) is 0.0116. The highest BCUT2D eigenvalue weighted by Gasteiger charge is 2.42. The van der Waals surface area contributed by atoms with Gasteiger partial charge in [0.1, 0.15) is 87.3 Å². The Morgan fingerprint density at radius 3 is 0.859 bits per heavy atom. The van der Waals surface area contributed by atoms with Gasteiger partial charge < -0.3 is 111 Å². The summed E-state index contributed by atoms with van der Waals surface area (Å²) < 4.78 is 43.6. The topological polar surface area (TPSA) is 479 Å². The van der Waals surface area contributed by atoms with Crippen LogP contribution in [0.4, 0.5) is 4.79 Å². The van der Waals surface area contributed by atoms with Crippen LogP contribution in [0.25, 0.3) is 0 Å². The average molecular weight is 1990 g/mol. The smallest absolute Gasteiger partial charge is 0.408 e. The molecule has 794 valence electrons. The lowest BCUT2D eigenvalue weighted by atomic mass is 9.98. The van der Waals surface area contributed by atoms with Crippen LogP contribution in [-0.4, -0.2) is 290 Å². The summed E-state index contributed by atoms with van der Waals surface area (Å²) in [5.74, 6) is -6.52. The highest BCUT2D eigenvalue weighted by molar-refractivity contribution is 5.96. The summed E-state index contributed by atoms with van der Waals surface area (Å²) in [6.07, 6.45) is 3.08. The number of alkyl carbamates (subject to hydrolysis) is 1. The normalized spacial score (nSPS) is 14.1. The molecule has 0 spiro atoms. The molecule has 4 rings (SSSR count). The Labute approximate surface area is 842 Å². The van der Waals surface area contributed by atoms with E-state index >= 15 is 0 Å². The van der Waals surface area contributed by atoms with Gasteiger partial charge in [-0.25, -0.2) is 9.59 Å². The summed E-state index contributed by atoms with van der Waals surface area (Å²) in [6.45, 7) is 45.9. The third-order valence-electron chi connectivity index (χ3n) is 21.8. The molecule has 0 heterocycles. The van der Waals surface area contributed by atoms with Crippen LogP contribution in [0.15, 0.2) is 159 Å². The molecule has 0 bridgehead atoms. The van der Waals surface area contributed by atoms with Gasteiger partial charge in [-0.05, 0) is 145 Å². The van der Waals surface area contributed by atoms with E-state index in [1.807, 2.05) is 204 Å². The van der Waals surface area contributed by atoms with Crippen LogP contribution >= 0.6 is 0 Å². The Hall–Kier alpha value is -11.8. The predicted molar refractivity (Wildman–Crippen MR) is 546 cm³/mol. The van der Waals surface area contributed by atoms with Gasteiger partial charge >= 0.3 is 30.0 Å². The summed E-state index contributed by atoms with van der Waals surface area (Å²) in [4.78, 5) is 188. The maximum Gasteiger partial charge on any atom is 0.408 e. The minimum atomic E-state index is -1.26. The van der Waals surface area contributed by atoms with E-state index in [0.717, 1.165) is 27.2 Å². The molecule has 36 nitrogen and oxygen atoms in total. The number of esters is 3. The van der Waals surface area contributed by atoms with Crippen molar-refractivity contribution in [3.05, 3.63) is 182 Å². The van der Waals surface area contributed by atoms with Crippen LogP contribution < -0.4 is 38.5 Å². The number of aliphatic carboxylic acids is 1. The van der Waals surface area contributed by atoms with Crippen LogP contribution in [0.1, 0.15) is 192 Å². The molecule has 142 heavy (non-hydrogen) atoms. The lowest BCUT2D eigenvalue weighted by Gasteiger charge is -2.35. The van der Waals surface area contributed by atoms with Crippen molar-refractivity contribution >= 4 is 83.1 Å². The van der Waals surface area contributed by atoms with Crippen molar-refractivity contribution in [1.82, 2.24) is 50.7 Å². The van der Waals surface area contributed by atoms with Crippen LogP contribution in [-0.2, 0) is 127 Å². The number of nitrogens with two attached hydrogens (primary N) is 3. The molecule has 11 N–H and O–H groups in total. The fourth-order valence-electron chi connectivity index (χ4n) is 14.1. The monoisotopic (exact) mass is 1990 g/mol. The number of carbonyl (C=O) groups excluding carboxylic acids is 13. The Bertz CT molecular complexity index is 4500. The third-order valence-corrected chi connectivity index (χ3v) is 21.8. The van der Waals surface area contributed by atoms with Crippen LogP contribution in [0.3, 0.4) is 0 Å². The number of benzene rings is 4. The lowest BCUT2D eigenvalue weighted by molar-refractivity contribution is -0.151. The van der Waals surface area contributed by atoms with Gasteiger partial charge in [-0.1, -0.05) is 242 Å². The average Bonchev–Trinajstić information content (AvgIpc) is 0.823. The minimum absolute atomic E-state index is 0.00451. The van der Waals surface area contributed by atoms with Crippen molar-refractivity contribution in [2.75, 3.05) is 81.7 Å². The SMILES string of the molecule is C=CCOC(=O)CN(C)C(=O)[C@@H](N)[C@@H](C)OCc1ccccc1.C=CCOC(=O)CN(C)C(=O)[C@@H](NC(=O)[C@H](CC(C)C)N(C)C(=O)[C@@H](N)CC(C)C)[C@@H](C)OCc1ccccc1.C=CCOC(=O)CN(C)C(=O)[C@@H](NC(=O)[C@H](CC(C)C)N(C)C(=O)[C@H](CC(C)C)NC(=O)OC(C)(C)C)[C@@H](C)OCc1ccccc1.CC(C)C[C@H](N)C(=O)N(C)[C@@H](CC(C)C)C(=O)N[C@H](C(=O)O)[C@@H](C)OCc1ccccc1. The summed E-state index contributed by atoms with van der Waals surface area (Å²) in [7, 11) is 8.99. The summed E-state index contributed by atoms with van der Waals surface area (Å²) in [6, 6.07) is 28.3. The molecule has 10 amide bonds. The predicted octanol–water partition coefficient (Wildman–Crippen LogP) is 10.1. The van der Waals surface area contributed by atoms with Crippen molar-refractivity contribution in [3.63, 3.8) is 0 Å². The largest absolute Gasteiger partial charge is 0.480 e. The second-order valence-electron chi connectivity index (χ2n) is 38.9. The van der Waals surface area contributed by atoms with Crippen molar-refractivity contribution in [2.45, 2.75) is 287 Å². The molecule has 0 aromatic heterocycles. The Morgan fingerprint density at radius 1 is 0.345 bits per heavy atom. The van der Waals surface area contributed by atoms with E-state index in [9.17, 15) is 72.2 Å². The first-order valence-corrected chi connectivity index (χ1v) is 48.4. The number of hydrogen-bond donors (Lipinski definition) is 8. The number of carboxylic acids is 1. The van der Waals surface area contributed by atoms with Crippen LogP contribution in [0, 0.1) is 35.5 Å². The second-order valence-corrected chi connectivity index (χ2v) is 38.9. The van der Waals surface area contributed by atoms with E-state index in [1.54, 1.807) is 62.6 Å². The number of nitrogens with zero attached hydrogens (tertiary/aromatic N) is 6. The van der Waals surface area contributed by atoms with E-state index in [4.69, 9.17) is 55.1 Å². The summed E-state index contributed by atoms with van der Waals surface area (Å²) >= 11 is 0. The number of ether oxygens (including phenoxy) is 8. The molecular formula is C106H167N13O23. The van der Waals surface area contributed by atoms with Crippen molar-refractivity contribution < 1.29 is 110 Å². The molecule has 0 saturated carbocycles. The van der Waals surface area contributed by atoms with E-state index < -0.39 is 156 Å². The molecule has 4 aromatic carbocycles. The van der Waals surface area contributed by atoms with Gasteiger partial charge in [0.25, 0.3) is 0 Å². The molecule has 0 fully saturated rings. The van der Waals surface area contributed by atoms with E-state index in [1.165, 1.54) is 70.9 Å². The fraction of sp³-hybridized carbons (Fsp3) is 0.585. The van der Waals surface area contributed by atoms with Gasteiger partial charge in [-0.2, -0.15) is 0 Å². The standard InChI is InChI=1S/C35H56N4O8.C30H48N4O6.C24H39N3O5.C17H24N2O4/c1-12-18-45-29(40)21-38(10)33(43)30(25(6)46-22-26-16-14-13-15-17-26)37-31(41)28(20-24(4)5)39(11)32(42)27(19-23(2)3)36-34(44)47-35(7,8)9;1-9-15-39-26(35)18-33(7)30(38)27(22(6)40-19-23-13-11-10-12-14-23)32-28(36)25(17-21(4)5)34(8)29(37)24(31)16-20(2)3;1-15(2)12-19(25)23(29)27(6)20(13-16(3)4)22(28)26-21(24(30)31)17(5)32-14-18-10-8-7-9-11-18;1-4-10-22-15(20)11-19(3)17(21)16(18)13(2)23-12-14-8-6-5-7-9-14/h12-17,23-25,27-28,30H,1,18-22H2,2-11H3,(H,36,44)(H,37,41);9-14,20-22,24-25,27H,1,15-19,31H2,2-8H3,(H,32,36);7-11,15-17,19-21H,12-14,25H2,1-6H3,(H,26,28)(H,30,31);4-9,13,16H,1,10-12,18H2,2-3H3/t25-,27+,28+,30+;22-,24+,25+,27+;17-,19+,20+,21+;13-,16+/m1111/s1. The Kier molecular flexibility index (Phi) is 61.1. The maximum atomic E-state index is 14.0. The van der Waals surface area contributed by atoms with Crippen molar-refractivity contribution in [2.24, 2.45) is 52.7 Å². The summed E-state index contributed by atoms with van der Waals surface area (Å²) in [5, 5.41) is 20.6. The van der Waals surface area contributed by atoms with Gasteiger partial charge in [0.2, 0.25) is 53.2 Å². The number of carbonyl (C=O) groups is 14. The van der Waals surface area contributed by atoms with Crippen molar-refractivity contribution in [3.8, 4) is 0 Å². The highest BCUT2D eigenvalue weighted by atomic mass is 16.6.